The van der Waals surface area contributed by atoms with E-state index >= 15 is 0 Å². The summed E-state index contributed by atoms with van der Waals surface area (Å²) in [5, 5.41) is 10.7. The number of hydrogen-bond donors (Lipinski definition) is 2. The van der Waals surface area contributed by atoms with E-state index in [0.717, 1.165) is 38.2 Å². The molecular formula is C12H20N4O. The highest BCUT2D eigenvalue weighted by atomic mass is 16.2. The second-order valence-corrected chi connectivity index (χ2v) is 4.48. The molecule has 1 aromatic heterocycles. The normalized spacial score (nSPS) is 17.1. The Morgan fingerprint density at radius 2 is 2.29 bits per heavy atom. The van der Waals surface area contributed by atoms with Crippen LogP contribution in [0.25, 0.3) is 0 Å². The Bertz CT molecular complexity index is 393. The maximum absolute atomic E-state index is 12.1. The Hall–Kier alpha value is -1.36. The van der Waals surface area contributed by atoms with E-state index < -0.39 is 0 Å². The molecule has 0 bridgehead atoms. The second kappa shape index (κ2) is 5.31. The summed E-state index contributed by atoms with van der Waals surface area (Å²) < 4.78 is 1.76. The number of nitrogens with zero attached hydrogens (tertiary/aromatic N) is 2. The second-order valence-electron chi connectivity index (χ2n) is 4.48. The van der Waals surface area contributed by atoms with Gasteiger partial charge in [0.15, 0.2) is 0 Å². The van der Waals surface area contributed by atoms with Crippen molar-refractivity contribution in [3.8, 4) is 0 Å². The maximum atomic E-state index is 12.1. The van der Waals surface area contributed by atoms with E-state index in [0.29, 0.717) is 11.7 Å². The van der Waals surface area contributed by atoms with Crippen LogP contribution in [0.4, 0.5) is 0 Å². The molecule has 0 saturated carbocycles. The van der Waals surface area contributed by atoms with Crippen LogP contribution in [0.2, 0.25) is 0 Å². The van der Waals surface area contributed by atoms with Crippen LogP contribution in [0, 0.1) is 6.92 Å². The summed E-state index contributed by atoms with van der Waals surface area (Å²) in [4.78, 5) is 12.1. The lowest BCUT2D eigenvalue weighted by Crippen LogP contribution is -2.43. The lowest BCUT2D eigenvalue weighted by molar-refractivity contribution is 0.0918. The zero-order valence-electron chi connectivity index (χ0n) is 10.5. The molecule has 0 aliphatic carbocycles. The zero-order chi connectivity index (χ0) is 12.3. The maximum Gasteiger partial charge on any atom is 0.269 e. The molecule has 1 aliphatic rings. The standard InChI is InChI=1S/C12H20N4O/c1-3-16-11(8-9(2)15-16)12(17)14-10-4-6-13-7-5-10/h8,10,13H,3-7H2,1-2H3,(H,14,17). The number of hydrogen-bond acceptors (Lipinski definition) is 3. The van der Waals surface area contributed by atoms with Gasteiger partial charge >= 0.3 is 0 Å². The summed E-state index contributed by atoms with van der Waals surface area (Å²) in [6, 6.07) is 2.14. The first-order chi connectivity index (χ1) is 8.20. The van der Waals surface area contributed by atoms with Crippen molar-refractivity contribution in [2.75, 3.05) is 13.1 Å². The van der Waals surface area contributed by atoms with Crippen LogP contribution in [0.15, 0.2) is 6.07 Å². The third-order valence-corrected chi connectivity index (χ3v) is 3.11. The van der Waals surface area contributed by atoms with Crippen LogP contribution >= 0.6 is 0 Å². The Morgan fingerprint density at radius 3 is 2.94 bits per heavy atom. The summed E-state index contributed by atoms with van der Waals surface area (Å²) in [6.45, 7) is 6.60. The molecule has 2 N–H and O–H groups in total. The molecular weight excluding hydrogens is 216 g/mol. The summed E-state index contributed by atoms with van der Waals surface area (Å²) in [5.74, 6) is -0.000602. The van der Waals surface area contributed by atoms with E-state index in [1.54, 1.807) is 4.68 Å². The predicted octanol–water partition coefficient (Wildman–Crippen LogP) is 0.693. The van der Waals surface area contributed by atoms with Gasteiger partial charge in [-0.05, 0) is 45.8 Å². The van der Waals surface area contributed by atoms with Crippen LogP contribution in [0.5, 0.6) is 0 Å². The molecule has 2 rings (SSSR count). The molecule has 1 fully saturated rings. The highest BCUT2D eigenvalue weighted by Crippen LogP contribution is 2.07. The summed E-state index contributed by atoms with van der Waals surface area (Å²) in [5.41, 5.74) is 1.56. The van der Waals surface area contributed by atoms with Crippen molar-refractivity contribution in [3.05, 3.63) is 17.5 Å². The number of rotatable bonds is 3. The quantitative estimate of drug-likeness (QED) is 0.812. The molecule has 5 nitrogen and oxygen atoms in total. The number of aryl methyl sites for hydroxylation is 2. The molecule has 0 aromatic carbocycles. The lowest BCUT2D eigenvalue weighted by Gasteiger charge is -2.23. The van der Waals surface area contributed by atoms with Crippen molar-refractivity contribution >= 4 is 5.91 Å². The fraction of sp³-hybridized carbons (Fsp3) is 0.667. The van der Waals surface area contributed by atoms with Gasteiger partial charge in [0.1, 0.15) is 5.69 Å². The van der Waals surface area contributed by atoms with Gasteiger partial charge in [-0.15, -0.1) is 0 Å². The smallest absolute Gasteiger partial charge is 0.269 e. The number of amides is 1. The number of piperidine rings is 1. The van der Waals surface area contributed by atoms with Gasteiger partial charge in [-0.25, -0.2) is 0 Å². The monoisotopic (exact) mass is 236 g/mol. The summed E-state index contributed by atoms with van der Waals surface area (Å²) in [7, 11) is 0. The molecule has 0 atom stereocenters. The van der Waals surface area contributed by atoms with Gasteiger partial charge < -0.3 is 10.6 Å². The van der Waals surface area contributed by atoms with Crippen LogP contribution < -0.4 is 10.6 Å². The van der Waals surface area contributed by atoms with Crippen molar-refractivity contribution in [3.63, 3.8) is 0 Å². The molecule has 1 aliphatic heterocycles. The van der Waals surface area contributed by atoms with Gasteiger partial charge in [0.2, 0.25) is 0 Å². The van der Waals surface area contributed by atoms with Crippen LogP contribution in [0.1, 0.15) is 35.9 Å². The third-order valence-electron chi connectivity index (χ3n) is 3.11. The van der Waals surface area contributed by atoms with E-state index in [-0.39, 0.29) is 5.91 Å². The minimum Gasteiger partial charge on any atom is -0.348 e. The first-order valence-corrected chi connectivity index (χ1v) is 6.26. The van der Waals surface area contributed by atoms with E-state index in [4.69, 9.17) is 0 Å². The molecule has 0 spiro atoms. The SMILES string of the molecule is CCn1nc(C)cc1C(=O)NC1CCNCC1. The van der Waals surface area contributed by atoms with Crippen LogP contribution in [0.3, 0.4) is 0 Å². The van der Waals surface area contributed by atoms with E-state index in [1.165, 1.54) is 0 Å². The molecule has 1 amide bonds. The lowest BCUT2D eigenvalue weighted by atomic mass is 10.1. The van der Waals surface area contributed by atoms with Gasteiger partial charge in [-0.1, -0.05) is 0 Å². The number of carbonyl (C=O) groups excluding carboxylic acids is 1. The number of aromatic nitrogens is 2. The van der Waals surface area contributed by atoms with Gasteiger partial charge in [-0.3, -0.25) is 9.48 Å². The van der Waals surface area contributed by atoms with E-state index in [2.05, 4.69) is 15.7 Å². The van der Waals surface area contributed by atoms with Gasteiger partial charge in [0.05, 0.1) is 5.69 Å². The minimum atomic E-state index is -0.000602. The van der Waals surface area contributed by atoms with Gasteiger partial charge in [-0.2, -0.15) is 5.10 Å². The molecule has 94 valence electrons. The highest BCUT2D eigenvalue weighted by molar-refractivity contribution is 5.92. The molecule has 0 radical (unpaired) electrons. The van der Waals surface area contributed by atoms with Gasteiger partial charge in [0, 0.05) is 12.6 Å². The van der Waals surface area contributed by atoms with Crippen molar-refractivity contribution in [1.82, 2.24) is 20.4 Å². The van der Waals surface area contributed by atoms with Crippen LogP contribution in [-0.2, 0) is 6.54 Å². The molecule has 17 heavy (non-hydrogen) atoms. The summed E-state index contributed by atoms with van der Waals surface area (Å²) >= 11 is 0. The fourth-order valence-corrected chi connectivity index (χ4v) is 2.19. The minimum absolute atomic E-state index is 0.000602. The molecule has 5 heteroatoms. The topological polar surface area (TPSA) is 59.0 Å². The number of carbonyl (C=O) groups is 1. The molecule has 1 saturated heterocycles. The van der Waals surface area contributed by atoms with Gasteiger partial charge in [0.25, 0.3) is 5.91 Å². The van der Waals surface area contributed by atoms with Crippen molar-refractivity contribution in [1.29, 1.82) is 0 Å². The fourth-order valence-electron chi connectivity index (χ4n) is 2.19. The Morgan fingerprint density at radius 1 is 1.59 bits per heavy atom. The van der Waals surface area contributed by atoms with Crippen molar-refractivity contribution in [2.24, 2.45) is 0 Å². The van der Waals surface area contributed by atoms with Crippen molar-refractivity contribution < 1.29 is 4.79 Å². The van der Waals surface area contributed by atoms with Crippen molar-refractivity contribution in [2.45, 2.75) is 39.3 Å². The molecule has 2 heterocycles. The summed E-state index contributed by atoms with van der Waals surface area (Å²) in [6.07, 6.45) is 2.01. The Labute approximate surface area is 102 Å². The predicted molar refractivity (Wildman–Crippen MR) is 66.0 cm³/mol. The average molecular weight is 236 g/mol. The average Bonchev–Trinajstić information content (AvgIpc) is 2.72. The molecule has 1 aromatic rings. The third kappa shape index (κ3) is 2.85. The largest absolute Gasteiger partial charge is 0.348 e. The first kappa shape index (κ1) is 12.1. The highest BCUT2D eigenvalue weighted by Gasteiger charge is 2.19. The number of nitrogens with one attached hydrogen (secondary N) is 2. The first-order valence-electron chi connectivity index (χ1n) is 6.26. The van der Waals surface area contributed by atoms with E-state index in [1.807, 2.05) is 19.9 Å². The Balaban J connectivity index is 2.02. The zero-order valence-corrected chi connectivity index (χ0v) is 10.5. The Kier molecular flexibility index (Phi) is 3.78. The van der Waals surface area contributed by atoms with E-state index in [9.17, 15) is 4.79 Å². The van der Waals surface area contributed by atoms with Crippen LogP contribution in [-0.4, -0.2) is 34.8 Å². The molecule has 0 unspecified atom stereocenters.